The number of benzene rings is 1. The van der Waals surface area contributed by atoms with Crippen LogP contribution in [0.3, 0.4) is 0 Å². The first kappa shape index (κ1) is 27.1. The molecule has 0 aromatic heterocycles. The smallest absolute Gasteiger partial charge is 0.243 e. The molecule has 8 nitrogen and oxygen atoms in total. The molecule has 1 amide bonds. The molecular formula is C25H42N4O4S. The topological polar surface area (TPSA) is 82.2 Å². The Bertz CT molecular complexity index is 883. The molecule has 3 rings (SSSR count). The number of nitrogens with one attached hydrogen (secondary N) is 1. The minimum Gasteiger partial charge on any atom is -0.374 e. The zero-order valence-electron chi connectivity index (χ0n) is 21.2. The summed E-state index contributed by atoms with van der Waals surface area (Å²) in [7, 11) is -3.52. The highest BCUT2D eigenvalue weighted by molar-refractivity contribution is 7.89. The standard InChI is InChI=1S/C25H42N4O4S/c1-5-21(4)22-6-8-24(9-7-22)34(31,32)29-12-10-27(11-13-29)19-25(30)26-16-23-18-28(14-15-33-23)17-20(2)3/h6-9,20-21,23H,5,10-19H2,1-4H3,(H,26,30)/t21-,23+/m1/s1. The van der Waals surface area contributed by atoms with Crippen LogP contribution >= 0.6 is 0 Å². The summed E-state index contributed by atoms with van der Waals surface area (Å²) in [4.78, 5) is 17.2. The fraction of sp³-hybridized carbons (Fsp3) is 0.720. The maximum atomic E-state index is 13.0. The fourth-order valence-electron chi connectivity index (χ4n) is 4.55. The molecule has 0 radical (unpaired) electrons. The van der Waals surface area contributed by atoms with E-state index in [2.05, 4.69) is 37.9 Å². The Labute approximate surface area is 205 Å². The summed E-state index contributed by atoms with van der Waals surface area (Å²) < 4.78 is 33.4. The van der Waals surface area contributed by atoms with Gasteiger partial charge in [0.05, 0.1) is 24.2 Å². The molecule has 2 aliphatic heterocycles. The van der Waals surface area contributed by atoms with Crippen LogP contribution in [-0.2, 0) is 19.6 Å². The quantitative estimate of drug-likeness (QED) is 0.536. The number of piperazine rings is 1. The molecule has 2 heterocycles. The van der Waals surface area contributed by atoms with Gasteiger partial charge in [-0.15, -0.1) is 0 Å². The molecule has 9 heteroatoms. The number of amides is 1. The second-order valence-electron chi connectivity index (χ2n) is 10.0. The summed E-state index contributed by atoms with van der Waals surface area (Å²) in [6, 6.07) is 7.26. The summed E-state index contributed by atoms with van der Waals surface area (Å²) in [5.74, 6) is 0.983. The van der Waals surface area contributed by atoms with Crippen molar-refractivity contribution in [2.24, 2.45) is 5.92 Å². The summed E-state index contributed by atoms with van der Waals surface area (Å²) in [5.41, 5.74) is 1.16. The van der Waals surface area contributed by atoms with E-state index in [0.717, 1.165) is 31.6 Å². The van der Waals surface area contributed by atoms with Gasteiger partial charge in [-0.3, -0.25) is 14.6 Å². The summed E-state index contributed by atoms with van der Waals surface area (Å²) in [6.45, 7) is 14.9. The summed E-state index contributed by atoms with van der Waals surface area (Å²) in [5, 5.41) is 3.00. The second-order valence-corrected chi connectivity index (χ2v) is 11.9. The molecule has 2 atom stereocenters. The molecule has 1 aromatic rings. The van der Waals surface area contributed by atoms with E-state index >= 15 is 0 Å². The molecule has 0 saturated carbocycles. The van der Waals surface area contributed by atoms with E-state index in [4.69, 9.17) is 4.74 Å². The lowest BCUT2D eigenvalue weighted by Crippen LogP contribution is -2.52. The summed E-state index contributed by atoms with van der Waals surface area (Å²) in [6.07, 6.45) is 1.04. The van der Waals surface area contributed by atoms with Gasteiger partial charge in [-0.1, -0.05) is 39.8 Å². The molecule has 0 spiro atoms. The van der Waals surface area contributed by atoms with Crippen molar-refractivity contribution in [1.29, 1.82) is 0 Å². The van der Waals surface area contributed by atoms with Gasteiger partial charge >= 0.3 is 0 Å². The molecule has 2 aliphatic rings. The van der Waals surface area contributed by atoms with Gasteiger partial charge in [0.15, 0.2) is 0 Å². The van der Waals surface area contributed by atoms with Gasteiger partial charge in [-0.05, 0) is 36.0 Å². The third-order valence-corrected chi connectivity index (χ3v) is 8.68. The van der Waals surface area contributed by atoms with Crippen LogP contribution in [-0.4, -0.2) is 100 Å². The van der Waals surface area contributed by atoms with E-state index in [1.165, 1.54) is 4.31 Å². The van der Waals surface area contributed by atoms with Crippen molar-refractivity contribution in [3.05, 3.63) is 29.8 Å². The third kappa shape index (κ3) is 7.49. The van der Waals surface area contributed by atoms with Gasteiger partial charge in [-0.25, -0.2) is 8.42 Å². The maximum Gasteiger partial charge on any atom is 0.243 e. The molecule has 2 saturated heterocycles. The average Bonchev–Trinajstić information content (AvgIpc) is 2.82. The van der Waals surface area contributed by atoms with Crippen LogP contribution in [0.25, 0.3) is 0 Å². The Hall–Kier alpha value is -1.52. The van der Waals surface area contributed by atoms with Crippen molar-refractivity contribution < 1.29 is 17.9 Å². The first-order valence-corrected chi connectivity index (χ1v) is 14.1. The largest absolute Gasteiger partial charge is 0.374 e. The van der Waals surface area contributed by atoms with Crippen molar-refractivity contribution >= 4 is 15.9 Å². The molecule has 192 valence electrons. The van der Waals surface area contributed by atoms with Crippen LogP contribution in [0.15, 0.2) is 29.2 Å². The molecule has 0 unspecified atom stereocenters. The SMILES string of the molecule is CC[C@@H](C)c1ccc(S(=O)(=O)N2CCN(CC(=O)NC[C@H]3CN(CC(C)C)CCO3)CC2)cc1. The molecular weight excluding hydrogens is 452 g/mol. The van der Waals surface area contributed by atoms with Crippen molar-refractivity contribution in [2.75, 3.05) is 65.5 Å². The number of hydrogen-bond donors (Lipinski definition) is 1. The van der Waals surface area contributed by atoms with Gasteiger partial charge in [-0.2, -0.15) is 4.31 Å². The second kappa shape index (κ2) is 12.4. The highest BCUT2D eigenvalue weighted by Crippen LogP contribution is 2.23. The average molecular weight is 495 g/mol. The highest BCUT2D eigenvalue weighted by Gasteiger charge is 2.29. The molecule has 0 aliphatic carbocycles. The molecule has 2 fully saturated rings. The van der Waals surface area contributed by atoms with E-state index in [0.29, 0.717) is 56.1 Å². The number of morpholine rings is 1. The van der Waals surface area contributed by atoms with Crippen molar-refractivity contribution in [2.45, 2.75) is 51.0 Å². The normalized spacial score (nSPS) is 22.1. The Morgan fingerprint density at radius 2 is 1.74 bits per heavy atom. The van der Waals surface area contributed by atoms with Crippen LogP contribution in [0, 0.1) is 5.92 Å². The Balaban J connectivity index is 1.42. The molecule has 1 aromatic carbocycles. The van der Waals surface area contributed by atoms with Crippen LogP contribution in [0.5, 0.6) is 0 Å². The number of hydrogen-bond acceptors (Lipinski definition) is 6. The van der Waals surface area contributed by atoms with E-state index in [1.807, 2.05) is 17.0 Å². The predicted molar refractivity (Wildman–Crippen MR) is 134 cm³/mol. The fourth-order valence-corrected chi connectivity index (χ4v) is 5.98. The Morgan fingerprint density at radius 1 is 1.06 bits per heavy atom. The van der Waals surface area contributed by atoms with Gasteiger partial charge in [0.25, 0.3) is 0 Å². The van der Waals surface area contributed by atoms with Gasteiger partial charge in [0.2, 0.25) is 15.9 Å². The number of carbonyl (C=O) groups excluding carboxylic acids is 1. The molecule has 0 bridgehead atoms. The summed E-state index contributed by atoms with van der Waals surface area (Å²) >= 11 is 0. The van der Waals surface area contributed by atoms with Crippen molar-refractivity contribution in [3.63, 3.8) is 0 Å². The monoisotopic (exact) mass is 494 g/mol. The number of rotatable bonds is 10. The third-order valence-electron chi connectivity index (χ3n) is 6.77. The van der Waals surface area contributed by atoms with Gasteiger partial charge in [0.1, 0.15) is 0 Å². The van der Waals surface area contributed by atoms with E-state index < -0.39 is 10.0 Å². The number of carbonyl (C=O) groups is 1. The molecule has 1 N–H and O–H groups in total. The highest BCUT2D eigenvalue weighted by atomic mass is 32.2. The zero-order valence-corrected chi connectivity index (χ0v) is 22.0. The lowest BCUT2D eigenvalue weighted by Gasteiger charge is -2.35. The predicted octanol–water partition coefficient (Wildman–Crippen LogP) is 1.98. The van der Waals surface area contributed by atoms with Crippen LogP contribution in [0.1, 0.15) is 45.6 Å². The lowest BCUT2D eigenvalue weighted by molar-refractivity contribution is -0.123. The lowest BCUT2D eigenvalue weighted by atomic mass is 9.99. The van der Waals surface area contributed by atoms with Gasteiger partial charge in [0, 0.05) is 52.4 Å². The number of nitrogens with zero attached hydrogens (tertiary/aromatic N) is 3. The molecule has 34 heavy (non-hydrogen) atoms. The number of ether oxygens (including phenoxy) is 1. The Kier molecular flexibility index (Phi) is 9.91. The van der Waals surface area contributed by atoms with Crippen LogP contribution < -0.4 is 5.32 Å². The van der Waals surface area contributed by atoms with Crippen LogP contribution in [0.2, 0.25) is 0 Å². The Morgan fingerprint density at radius 3 is 2.35 bits per heavy atom. The van der Waals surface area contributed by atoms with Gasteiger partial charge < -0.3 is 10.1 Å². The van der Waals surface area contributed by atoms with Crippen LogP contribution in [0.4, 0.5) is 0 Å². The van der Waals surface area contributed by atoms with E-state index in [1.54, 1.807) is 12.1 Å². The first-order chi connectivity index (χ1) is 16.2. The first-order valence-electron chi connectivity index (χ1n) is 12.6. The minimum absolute atomic E-state index is 0.0187. The van der Waals surface area contributed by atoms with Crippen molar-refractivity contribution in [3.8, 4) is 0 Å². The number of sulfonamides is 1. The zero-order chi connectivity index (χ0) is 24.7. The van der Waals surface area contributed by atoms with E-state index in [9.17, 15) is 13.2 Å². The minimum atomic E-state index is -3.52. The maximum absolute atomic E-state index is 13.0. The van der Waals surface area contributed by atoms with Crippen molar-refractivity contribution in [1.82, 2.24) is 19.4 Å². The van der Waals surface area contributed by atoms with E-state index in [-0.39, 0.29) is 18.6 Å².